The van der Waals surface area contributed by atoms with Crippen LogP contribution in [0.4, 0.5) is 10.1 Å². The molecule has 0 aliphatic heterocycles. The highest BCUT2D eigenvalue weighted by Crippen LogP contribution is 2.76. The molecular formula is C38H52FNO4. The Kier molecular flexibility index (Phi) is 7.34. The van der Waals surface area contributed by atoms with Crippen LogP contribution in [0.2, 0.25) is 0 Å². The molecule has 0 bridgehead atoms. The quantitative estimate of drug-likeness (QED) is 0.275. The first-order valence-corrected chi connectivity index (χ1v) is 17.0. The molecule has 1 aromatic carbocycles. The van der Waals surface area contributed by atoms with Crippen LogP contribution in [-0.4, -0.2) is 23.8 Å². The number of carbonyl (C=O) groups is 3. The molecular weight excluding hydrogens is 553 g/mol. The third-order valence-corrected chi connectivity index (χ3v) is 14.1. The summed E-state index contributed by atoms with van der Waals surface area (Å²) >= 11 is 0. The summed E-state index contributed by atoms with van der Waals surface area (Å²) in [5.74, 6) is 0.394. The lowest BCUT2D eigenvalue weighted by atomic mass is 9.34. The van der Waals surface area contributed by atoms with Gasteiger partial charge in [0.15, 0.2) is 0 Å². The topological polar surface area (TPSA) is 72.5 Å². The molecule has 4 saturated carbocycles. The number of benzene rings is 1. The van der Waals surface area contributed by atoms with Crippen LogP contribution in [0.15, 0.2) is 35.4 Å². The highest BCUT2D eigenvalue weighted by atomic mass is 19.1. The van der Waals surface area contributed by atoms with Gasteiger partial charge in [0, 0.05) is 30.4 Å². The van der Waals surface area contributed by atoms with Gasteiger partial charge in [0.05, 0.1) is 5.41 Å². The smallest absolute Gasteiger partial charge is 0.302 e. The molecule has 3 unspecified atom stereocenters. The van der Waals surface area contributed by atoms with E-state index >= 15 is 0 Å². The number of carbonyl (C=O) groups excluding carboxylic acids is 3. The van der Waals surface area contributed by atoms with Gasteiger partial charge in [-0.2, -0.15) is 0 Å². The zero-order valence-corrected chi connectivity index (χ0v) is 28.1. The van der Waals surface area contributed by atoms with Crippen LogP contribution < -0.4 is 5.32 Å². The van der Waals surface area contributed by atoms with Gasteiger partial charge in [0.25, 0.3) is 0 Å². The van der Waals surface area contributed by atoms with Crippen LogP contribution >= 0.6 is 0 Å². The van der Waals surface area contributed by atoms with Gasteiger partial charge in [-0.05, 0) is 115 Å². The van der Waals surface area contributed by atoms with Crippen molar-refractivity contribution >= 4 is 23.3 Å². The standard InChI is InChI=1S/C38H52FNO4/c1-22(2)31-27(42)21-38(33(43)40-25-11-9-24(39)10-12-25)20-19-36(7)26(32(31)38)13-14-29-35(6)17-16-30(44-23(3)41)34(4,5)28(35)15-18-37(29,36)8/h9-12,22,28-31H,13-21H2,1-8H3,(H,40,43)/t28?,29?,30-,31?,35-,36+,37+,38+/m0/s1. The molecule has 6 heteroatoms. The zero-order chi connectivity index (χ0) is 32.0. The Morgan fingerprint density at radius 1 is 0.932 bits per heavy atom. The number of nitrogens with one attached hydrogen (secondary N) is 1. The number of ketones is 1. The second kappa shape index (κ2) is 10.3. The Morgan fingerprint density at radius 3 is 2.25 bits per heavy atom. The van der Waals surface area contributed by atoms with E-state index in [0.29, 0.717) is 23.9 Å². The number of amides is 1. The van der Waals surface area contributed by atoms with Crippen LogP contribution in [0, 0.1) is 56.6 Å². The summed E-state index contributed by atoms with van der Waals surface area (Å²) < 4.78 is 19.5. The highest BCUT2D eigenvalue weighted by molar-refractivity contribution is 6.05. The number of hydrogen-bond donors (Lipinski definition) is 1. The lowest BCUT2D eigenvalue weighted by Crippen LogP contribution is -2.64. The summed E-state index contributed by atoms with van der Waals surface area (Å²) in [4.78, 5) is 40.2. The maximum Gasteiger partial charge on any atom is 0.302 e. The van der Waals surface area contributed by atoms with Crippen molar-refractivity contribution in [2.75, 3.05) is 5.32 Å². The molecule has 0 radical (unpaired) electrons. The van der Waals surface area contributed by atoms with Crippen LogP contribution in [0.5, 0.6) is 0 Å². The summed E-state index contributed by atoms with van der Waals surface area (Å²) in [6.07, 6.45) is 7.86. The second-order valence-corrected chi connectivity index (χ2v) is 16.7. The molecule has 0 saturated heterocycles. The molecule has 1 N–H and O–H groups in total. The van der Waals surface area contributed by atoms with E-state index in [1.807, 2.05) is 0 Å². The van der Waals surface area contributed by atoms with Gasteiger partial charge in [-0.25, -0.2) is 4.39 Å². The van der Waals surface area contributed by atoms with Gasteiger partial charge in [-0.15, -0.1) is 0 Å². The lowest BCUT2D eigenvalue weighted by Gasteiger charge is -2.70. The van der Waals surface area contributed by atoms with Gasteiger partial charge < -0.3 is 10.1 Å². The minimum absolute atomic E-state index is 0.0376. The van der Waals surface area contributed by atoms with Crippen LogP contribution in [0.1, 0.15) is 113 Å². The van der Waals surface area contributed by atoms with E-state index in [4.69, 9.17) is 4.74 Å². The highest BCUT2D eigenvalue weighted by Gasteiger charge is 2.69. The second-order valence-electron chi connectivity index (χ2n) is 16.7. The maximum absolute atomic E-state index is 14.3. The molecule has 8 atom stereocenters. The zero-order valence-electron chi connectivity index (χ0n) is 28.1. The van der Waals surface area contributed by atoms with Gasteiger partial charge in [-0.1, -0.05) is 54.0 Å². The molecule has 44 heavy (non-hydrogen) atoms. The van der Waals surface area contributed by atoms with E-state index in [9.17, 15) is 18.8 Å². The van der Waals surface area contributed by atoms with E-state index in [1.54, 1.807) is 12.1 Å². The summed E-state index contributed by atoms with van der Waals surface area (Å²) in [5.41, 5.74) is 2.20. The molecule has 1 amide bonds. The first-order chi connectivity index (χ1) is 20.5. The third kappa shape index (κ3) is 4.24. The van der Waals surface area contributed by atoms with E-state index < -0.39 is 5.41 Å². The summed E-state index contributed by atoms with van der Waals surface area (Å²) in [6, 6.07) is 5.93. The molecule has 1 aromatic rings. The number of ether oxygens (including phenoxy) is 1. The first kappa shape index (κ1) is 31.5. The van der Waals surface area contributed by atoms with Crippen molar-refractivity contribution in [3.05, 3.63) is 41.2 Å². The molecule has 0 aromatic heterocycles. The summed E-state index contributed by atoms with van der Waals surface area (Å²) in [5, 5.41) is 3.10. The van der Waals surface area contributed by atoms with Crippen molar-refractivity contribution in [3.8, 4) is 0 Å². The van der Waals surface area contributed by atoms with Crippen LogP contribution in [-0.2, 0) is 19.1 Å². The van der Waals surface area contributed by atoms with E-state index in [0.717, 1.165) is 50.5 Å². The van der Waals surface area contributed by atoms with E-state index in [2.05, 4.69) is 53.8 Å². The fourth-order valence-electron chi connectivity index (χ4n) is 12.0. The number of halogens is 1. The average molecular weight is 606 g/mol. The van der Waals surface area contributed by atoms with E-state index in [-0.39, 0.29) is 69.5 Å². The molecule has 240 valence electrons. The largest absolute Gasteiger partial charge is 0.462 e. The number of Topliss-reactive ketones (excluding diaryl/α,β-unsaturated/α-hetero) is 1. The lowest BCUT2D eigenvalue weighted by molar-refractivity contribution is -0.213. The molecule has 5 aliphatic carbocycles. The molecule has 5 nitrogen and oxygen atoms in total. The predicted molar refractivity (Wildman–Crippen MR) is 170 cm³/mol. The number of rotatable bonds is 4. The third-order valence-electron chi connectivity index (χ3n) is 14.1. The normalized spacial score (nSPS) is 40.9. The van der Waals surface area contributed by atoms with Gasteiger partial charge in [0.1, 0.15) is 17.7 Å². The molecule has 6 rings (SSSR count). The van der Waals surface area contributed by atoms with Crippen molar-refractivity contribution in [2.24, 2.45) is 50.7 Å². The minimum atomic E-state index is -0.844. The van der Waals surface area contributed by atoms with Crippen LogP contribution in [0.25, 0.3) is 0 Å². The first-order valence-electron chi connectivity index (χ1n) is 17.0. The number of hydrogen-bond acceptors (Lipinski definition) is 4. The molecule has 4 fully saturated rings. The SMILES string of the molecule is CC(=O)O[C@H]1CC[C@@]2(C)C(CC[C@]3(C)C2CCC2=C4C(C(C)C)C(=O)C[C@]4(C(=O)Nc4ccc(F)cc4)CC[C@]23C)C1(C)C. The molecule has 0 spiro atoms. The fourth-order valence-corrected chi connectivity index (χ4v) is 12.0. The predicted octanol–water partition coefficient (Wildman–Crippen LogP) is 8.68. The monoisotopic (exact) mass is 605 g/mol. The molecule has 0 heterocycles. The van der Waals surface area contributed by atoms with E-state index in [1.165, 1.54) is 24.6 Å². The summed E-state index contributed by atoms with van der Waals surface area (Å²) in [7, 11) is 0. The van der Waals surface area contributed by atoms with Crippen LogP contribution in [0.3, 0.4) is 0 Å². The van der Waals surface area contributed by atoms with Crippen molar-refractivity contribution in [1.29, 1.82) is 0 Å². The number of esters is 1. The van der Waals surface area contributed by atoms with Crippen molar-refractivity contribution in [2.45, 2.75) is 119 Å². The maximum atomic E-state index is 14.3. The average Bonchev–Trinajstić information content (AvgIpc) is 3.25. The number of anilines is 1. The summed E-state index contributed by atoms with van der Waals surface area (Å²) in [6.45, 7) is 17.9. The number of fused-ring (bicyclic) bond motifs is 6. The Bertz CT molecular complexity index is 1410. The van der Waals surface area contributed by atoms with Gasteiger partial charge in [0.2, 0.25) is 5.91 Å². The fraction of sp³-hybridized carbons (Fsp3) is 0.711. The number of allylic oxidation sites excluding steroid dienone is 1. The Hall–Kier alpha value is -2.50. The Balaban J connectivity index is 1.42. The molecule has 5 aliphatic rings. The van der Waals surface area contributed by atoms with Crippen molar-refractivity contribution in [1.82, 2.24) is 0 Å². The van der Waals surface area contributed by atoms with Gasteiger partial charge >= 0.3 is 5.97 Å². The van der Waals surface area contributed by atoms with Gasteiger partial charge in [-0.3, -0.25) is 14.4 Å². The Labute approximate surface area is 263 Å². The Morgan fingerprint density at radius 2 is 1.61 bits per heavy atom. The minimum Gasteiger partial charge on any atom is -0.462 e. The van der Waals surface area contributed by atoms with Crippen molar-refractivity contribution in [3.63, 3.8) is 0 Å². The van der Waals surface area contributed by atoms with Crippen molar-refractivity contribution < 1.29 is 23.5 Å².